The smallest absolute Gasteiger partial charge is 0.225 e. The Morgan fingerprint density at radius 3 is 2.52 bits per heavy atom. The molecule has 0 radical (unpaired) electrons. The Kier molecular flexibility index (Phi) is 4.17. The van der Waals surface area contributed by atoms with Crippen LogP contribution in [0.25, 0.3) is 0 Å². The van der Waals surface area contributed by atoms with Crippen LogP contribution >= 0.6 is 0 Å². The van der Waals surface area contributed by atoms with Crippen LogP contribution in [-0.4, -0.2) is 42.1 Å². The van der Waals surface area contributed by atoms with E-state index in [2.05, 4.69) is 9.97 Å². The number of ether oxygens (including phenoxy) is 1. The molecule has 2 heterocycles. The summed E-state index contributed by atoms with van der Waals surface area (Å²) in [5.41, 5.74) is 1.63. The second kappa shape index (κ2) is 6.48. The zero-order valence-electron chi connectivity index (χ0n) is 13.5. The highest BCUT2D eigenvalue weighted by Crippen LogP contribution is 2.33. The van der Waals surface area contributed by atoms with E-state index in [9.17, 15) is 13.6 Å². The maximum Gasteiger partial charge on any atom is 0.225 e. The van der Waals surface area contributed by atoms with Crippen molar-refractivity contribution in [2.24, 2.45) is 0 Å². The Labute approximate surface area is 143 Å². The van der Waals surface area contributed by atoms with Crippen LogP contribution in [0.3, 0.4) is 0 Å². The Balaban J connectivity index is 1.65. The van der Waals surface area contributed by atoms with Crippen LogP contribution in [0.5, 0.6) is 0 Å². The fraction of sp³-hybridized carbons (Fsp3) is 0.389. The first-order valence-corrected chi connectivity index (χ1v) is 8.28. The topological polar surface area (TPSA) is 55.3 Å². The molecule has 0 N–H and O–H groups in total. The van der Waals surface area contributed by atoms with Gasteiger partial charge < -0.3 is 9.64 Å². The van der Waals surface area contributed by atoms with Gasteiger partial charge in [-0.15, -0.1) is 0 Å². The first kappa shape index (κ1) is 16.1. The van der Waals surface area contributed by atoms with Gasteiger partial charge in [0.1, 0.15) is 11.6 Å². The van der Waals surface area contributed by atoms with Crippen molar-refractivity contribution in [2.75, 3.05) is 31.2 Å². The minimum absolute atomic E-state index is 0.0931. The molecule has 1 aliphatic heterocycles. The molecule has 0 spiro atoms. The number of hydrogen-bond donors (Lipinski definition) is 0. The van der Waals surface area contributed by atoms with Crippen LogP contribution in [-0.2, 0) is 11.2 Å². The standard InChI is InChI=1S/C18H17F2N3O2/c19-13-5-11(6-14(20)9-13)12-7-16-15(17(24)8-12)10-21-18(22-16)23-1-3-25-4-2-23/h5-6,9-10,12H,1-4,7-8H2/t12-/m0/s1. The quantitative estimate of drug-likeness (QED) is 0.837. The molecule has 0 unspecified atom stereocenters. The Bertz CT molecular complexity index is 802. The van der Waals surface area contributed by atoms with Gasteiger partial charge in [-0.1, -0.05) is 0 Å². The fourth-order valence-electron chi connectivity index (χ4n) is 3.40. The predicted octanol–water partition coefficient (Wildman–Crippen LogP) is 2.50. The Hall–Kier alpha value is -2.41. The number of morpholine rings is 1. The van der Waals surface area contributed by atoms with Crippen molar-refractivity contribution in [3.8, 4) is 0 Å². The lowest BCUT2D eigenvalue weighted by Gasteiger charge is -2.28. The summed E-state index contributed by atoms with van der Waals surface area (Å²) < 4.78 is 32.4. The highest BCUT2D eigenvalue weighted by molar-refractivity contribution is 5.98. The van der Waals surface area contributed by atoms with Gasteiger partial charge >= 0.3 is 0 Å². The van der Waals surface area contributed by atoms with Crippen LogP contribution in [0.1, 0.15) is 34.0 Å². The van der Waals surface area contributed by atoms with Gasteiger partial charge in [-0.3, -0.25) is 4.79 Å². The van der Waals surface area contributed by atoms with Crippen molar-refractivity contribution >= 4 is 11.7 Å². The zero-order valence-corrected chi connectivity index (χ0v) is 13.5. The van der Waals surface area contributed by atoms with E-state index >= 15 is 0 Å². The molecule has 2 aliphatic rings. The molecule has 5 nitrogen and oxygen atoms in total. The largest absolute Gasteiger partial charge is 0.378 e. The molecule has 1 aromatic heterocycles. The van der Waals surface area contributed by atoms with Crippen molar-refractivity contribution < 1.29 is 18.3 Å². The van der Waals surface area contributed by atoms with Crippen molar-refractivity contribution in [3.63, 3.8) is 0 Å². The molecule has 0 amide bonds. The van der Waals surface area contributed by atoms with Gasteiger partial charge in [0, 0.05) is 31.8 Å². The summed E-state index contributed by atoms with van der Waals surface area (Å²) in [6.45, 7) is 2.63. The number of rotatable bonds is 2. The molecule has 130 valence electrons. The van der Waals surface area contributed by atoms with E-state index in [4.69, 9.17) is 4.74 Å². The number of Topliss-reactive ketones (excluding diaryl/α,β-unsaturated/α-hetero) is 1. The number of ketones is 1. The van der Waals surface area contributed by atoms with Gasteiger partial charge in [0.25, 0.3) is 0 Å². The molecule has 1 saturated heterocycles. The van der Waals surface area contributed by atoms with E-state index in [1.807, 2.05) is 4.90 Å². The summed E-state index contributed by atoms with van der Waals surface area (Å²) in [6.07, 6.45) is 2.23. The van der Waals surface area contributed by atoms with Crippen molar-refractivity contribution in [3.05, 3.63) is 52.9 Å². The van der Waals surface area contributed by atoms with Crippen LogP contribution in [0.2, 0.25) is 0 Å². The fourth-order valence-corrected chi connectivity index (χ4v) is 3.40. The monoisotopic (exact) mass is 345 g/mol. The molecule has 1 aromatic carbocycles. The molecule has 1 fully saturated rings. The van der Waals surface area contributed by atoms with Crippen LogP contribution < -0.4 is 4.90 Å². The van der Waals surface area contributed by atoms with Gasteiger partial charge in [-0.2, -0.15) is 0 Å². The maximum absolute atomic E-state index is 13.5. The van der Waals surface area contributed by atoms with E-state index in [-0.39, 0.29) is 18.1 Å². The minimum Gasteiger partial charge on any atom is -0.378 e. The highest BCUT2D eigenvalue weighted by Gasteiger charge is 2.29. The molecule has 7 heteroatoms. The molecule has 2 aromatic rings. The molecule has 0 bridgehead atoms. The number of benzene rings is 1. The predicted molar refractivity (Wildman–Crippen MR) is 86.8 cm³/mol. The normalized spacial score (nSPS) is 20.5. The third kappa shape index (κ3) is 3.24. The highest BCUT2D eigenvalue weighted by atomic mass is 19.1. The van der Waals surface area contributed by atoms with Crippen LogP contribution in [0.15, 0.2) is 24.4 Å². The summed E-state index contributed by atoms with van der Waals surface area (Å²) in [4.78, 5) is 23.3. The molecule has 4 rings (SSSR count). The van der Waals surface area contributed by atoms with E-state index < -0.39 is 11.6 Å². The Morgan fingerprint density at radius 2 is 1.80 bits per heavy atom. The van der Waals surface area contributed by atoms with E-state index in [0.717, 1.165) is 6.07 Å². The molecule has 0 saturated carbocycles. The number of carbonyl (C=O) groups excluding carboxylic acids is 1. The summed E-state index contributed by atoms with van der Waals surface area (Å²) in [5, 5.41) is 0. The summed E-state index contributed by atoms with van der Waals surface area (Å²) in [6, 6.07) is 3.41. The molecular weight excluding hydrogens is 328 g/mol. The minimum atomic E-state index is -0.634. The average Bonchev–Trinajstić information content (AvgIpc) is 2.61. The van der Waals surface area contributed by atoms with E-state index in [0.29, 0.717) is 55.5 Å². The lowest BCUT2D eigenvalue weighted by molar-refractivity contribution is 0.0962. The second-order valence-electron chi connectivity index (χ2n) is 6.36. The SMILES string of the molecule is O=C1C[C@@H](c2cc(F)cc(F)c2)Cc2nc(N3CCOCC3)ncc21. The van der Waals surface area contributed by atoms with Crippen molar-refractivity contribution in [2.45, 2.75) is 18.8 Å². The maximum atomic E-state index is 13.5. The van der Waals surface area contributed by atoms with Crippen molar-refractivity contribution in [1.29, 1.82) is 0 Å². The number of fused-ring (bicyclic) bond motifs is 1. The molecule has 1 atom stereocenters. The average molecular weight is 345 g/mol. The van der Waals surface area contributed by atoms with Gasteiger partial charge in [-0.25, -0.2) is 18.7 Å². The number of nitrogens with zero attached hydrogens (tertiary/aromatic N) is 3. The number of hydrogen-bond acceptors (Lipinski definition) is 5. The number of anilines is 1. The van der Waals surface area contributed by atoms with Gasteiger partial charge in [0.15, 0.2) is 5.78 Å². The second-order valence-corrected chi connectivity index (χ2v) is 6.36. The number of carbonyl (C=O) groups is 1. The summed E-state index contributed by atoms with van der Waals surface area (Å²) >= 11 is 0. The third-order valence-corrected chi connectivity index (χ3v) is 4.68. The lowest BCUT2D eigenvalue weighted by atomic mass is 9.82. The van der Waals surface area contributed by atoms with Crippen LogP contribution in [0.4, 0.5) is 14.7 Å². The Morgan fingerprint density at radius 1 is 1.08 bits per heavy atom. The third-order valence-electron chi connectivity index (χ3n) is 4.68. The molecule has 25 heavy (non-hydrogen) atoms. The van der Waals surface area contributed by atoms with Crippen LogP contribution in [0, 0.1) is 11.6 Å². The summed E-state index contributed by atoms with van der Waals surface area (Å²) in [7, 11) is 0. The summed E-state index contributed by atoms with van der Waals surface area (Å²) in [5.74, 6) is -1.07. The van der Waals surface area contributed by atoms with E-state index in [1.54, 1.807) is 6.20 Å². The first-order chi connectivity index (χ1) is 12.1. The van der Waals surface area contributed by atoms with Gasteiger partial charge in [-0.05, 0) is 30.0 Å². The first-order valence-electron chi connectivity index (χ1n) is 8.28. The van der Waals surface area contributed by atoms with Gasteiger partial charge in [0.05, 0.1) is 24.5 Å². The number of halogens is 2. The van der Waals surface area contributed by atoms with Gasteiger partial charge in [0.2, 0.25) is 5.95 Å². The van der Waals surface area contributed by atoms with Crippen molar-refractivity contribution in [1.82, 2.24) is 9.97 Å². The lowest BCUT2D eigenvalue weighted by Crippen LogP contribution is -2.37. The zero-order chi connectivity index (χ0) is 17.4. The molecular formula is C18H17F2N3O2. The molecule has 1 aliphatic carbocycles. The van der Waals surface area contributed by atoms with E-state index in [1.165, 1.54) is 12.1 Å². The number of aromatic nitrogens is 2.